The zero-order valence-electron chi connectivity index (χ0n) is 11.9. The topological polar surface area (TPSA) is 49.8 Å². The van der Waals surface area contributed by atoms with Crippen LogP contribution in [0.15, 0.2) is 30.3 Å². The number of benzene rings is 1. The van der Waals surface area contributed by atoms with Gasteiger partial charge >= 0.3 is 5.97 Å². The number of carboxylic acid groups (broad SMARTS) is 1. The largest absolute Gasteiger partial charge is 0.480 e. The first-order valence-electron chi connectivity index (χ1n) is 6.49. The summed E-state index contributed by atoms with van der Waals surface area (Å²) in [4.78, 5) is 12.8. The molecule has 0 unspecified atom stereocenters. The molecule has 1 aromatic rings. The maximum absolute atomic E-state index is 10.9. The van der Waals surface area contributed by atoms with Crippen LogP contribution in [-0.2, 0) is 16.1 Å². The van der Waals surface area contributed by atoms with Crippen LogP contribution in [0, 0.1) is 0 Å². The van der Waals surface area contributed by atoms with Crippen LogP contribution in [0.5, 0.6) is 0 Å². The first kappa shape index (κ1) is 15.7. The van der Waals surface area contributed by atoms with Gasteiger partial charge in [0.2, 0.25) is 0 Å². The molecule has 1 N–H and O–H groups in total. The summed E-state index contributed by atoms with van der Waals surface area (Å²) in [6, 6.07) is 9.87. The van der Waals surface area contributed by atoms with E-state index in [1.165, 1.54) is 0 Å². The van der Waals surface area contributed by atoms with E-state index < -0.39 is 5.97 Å². The number of carbonyl (C=O) groups is 1. The molecule has 1 aromatic carbocycles. The summed E-state index contributed by atoms with van der Waals surface area (Å²) in [5, 5.41) is 8.94. The van der Waals surface area contributed by atoms with Crippen LogP contribution < -0.4 is 0 Å². The molecular formula is C15H23NO3. The number of hydrogen-bond donors (Lipinski definition) is 1. The number of aliphatic carboxylic acids is 1. The highest BCUT2D eigenvalue weighted by Gasteiger charge is 2.13. The van der Waals surface area contributed by atoms with Crippen molar-refractivity contribution in [2.24, 2.45) is 0 Å². The van der Waals surface area contributed by atoms with Crippen LogP contribution >= 0.6 is 0 Å². The van der Waals surface area contributed by atoms with E-state index in [-0.39, 0.29) is 12.1 Å². The summed E-state index contributed by atoms with van der Waals surface area (Å²) in [6.07, 6.45) is 0. The summed E-state index contributed by atoms with van der Waals surface area (Å²) < 4.78 is 5.64. The van der Waals surface area contributed by atoms with E-state index >= 15 is 0 Å². The van der Waals surface area contributed by atoms with Gasteiger partial charge in [-0.2, -0.15) is 0 Å². The van der Waals surface area contributed by atoms with E-state index in [4.69, 9.17) is 9.84 Å². The van der Waals surface area contributed by atoms with E-state index in [0.29, 0.717) is 19.7 Å². The van der Waals surface area contributed by atoms with Gasteiger partial charge in [-0.1, -0.05) is 30.3 Å². The van der Waals surface area contributed by atoms with Gasteiger partial charge in [-0.05, 0) is 26.3 Å². The first-order chi connectivity index (χ1) is 8.87. The second-order valence-corrected chi connectivity index (χ2v) is 5.55. The van der Waals surface area contributed by atoms with Gasteiger partial charge in [0.1, 0.15) is 0 Å². The third kappa shape index (κ3) is 7.59. The van der Waals surface area contributed by atoms with E-state index in [2.05, 4.69) is 0 Å². The molecule has 0 heterocycles. The summed E-state index contributed by atoms with van der Waals surface area (Å²) in [7, 11) is 0. The Bertz CT molecular complexity index is 384. The number of nitrogens with zero attached hydrogens (tertiary/aromatic N) is 1. The lowest BCUT2D eigenvalue weighted by atomic mass is 10.2. The Morgan fingerprint density at radius 3 is 2.42 bits per heavy atom. The van der Waals surface area contributed by atoms with Crippen molar-refractivity contribution in [1.82, 2.24) is 4.90 Å². The Hall–Kier alpha value is -1.39. The van der Waals surface area contributed by atoms with Crippen LogP contribution in [0.2, 0.25) is 0 Å². The molecule has 0 amide bonds. The summed E-state index contributed by atoms with van der Waals surface area (Å²) >= 11 is 0. The third-order valence-electron chi connectivity index (χ3n) is 2.55. The van der Waals surface area contributed by atoms with Gasteiger partial charge in [0, 0.05) is 13.1 Å². The van der Waals surface area contributed by atoms with Crippen LogP contribution in [0.1, 0.15) is 26.3 Å². The third-order valence-corrected chi connectivity index (χ3v) is 2.55. The standard InChI is InChI=1S/C15H23NO3/c1-15(2,3)19-10-9-16(12-14(17)18)11-13-7-5-4-6-8-13/h4-8H,9-12H2,1-3H3,(H,17,18). The lowest BCUT2D eigenvalue weighted by Crippen LogP contribution is -2.34. The molecule has 0 aliphatic heterocycles. The van der Waals surface area contributed by atoms with E-state index in [9.17, 15) is 4.79 Å². The Balaban J connectivity index is 2.50. The first-order valence-corrected chi connectivity index (χ1v) is 6.49. The van der Waals surface area contributed by atoms with Crippen LogP contribution in [0.25, 0.3) is 0 Å². The van der Waals surface area contributed by atoms with Gasteiger partial charge < -0.3 is 9.84 Å². The van der Waals surface area contributed by atoms with Crippen molar-refractivity contribution in [3.8, 4) is 0 Å². The zero-order valence-corrected chi connectivity index (χ0v) is 11.9. The number of hydrogen-bond acceptors (Lipinski definition) is 3. The van der Waals surface area contributed by atoms with Gasteiger partial charge in [0.25, 0.3) is 0 Å². The van der Waals surface area contributed by atoms with Crippen molar-refractivity contribution in [1.29, 1.82) is 0 Å². The van der Waals surface area contributed by atoms with Crippen LogP contribution in [-0.4, -0.2) is 41.3 Å². The Kier molecular flexibility index (Phi) is 5.99. The number of carboxylic acids is 1. The Labute approximate surface area is 115 Å². The lowest BCUT2D eigenvalue weighted by Gasteiger charge is -2.24. The highest BCUT2D eigenvalue weighted by Crippen LogP contribution is 2.08. The van der Waals surface area contributed by atoms with Gasteiger partial charge in [0.05, 0.1) is 18.8 Å². The molecule has 0 bridgehead atoms. The molecule has 0 aromatic heterocycles. The molecular weight excluding hydrogens is 242 g/mol. The normalized spacial score (nSPS) is 11.8. The van der Waals surface area contributed by atoms with Crippen molar-refractivity contribution >= 4 is 5.97 Å². The van der Waals surface area contributed by atoms with Gasteiger partial charge in [0.15, 0.2) is 0 Å². The van der Waals surface area contributed by atoms with Gasteiger partial charge in [-0.15, -0.1) is 0 Å². The highest BCUT2D eigenvalue weighted by molar-refractivity contribution is 5.69. The summed E-state index contributed by atoms with van der Waals surface area (Å²) in [6.45, 7) is 7.77. The fourth-order valence-corrected chi connectivity index (χ4v) is 1.73. The number of rotatable bonds is 7. The molecule has 0 spiro atoms. The second kappa shape index (κ2) is 7.26. The quantitative estimate of drug-likeness (QED) is 0.822. The van der Waals surface area contributed by atoms with E-state index in [1.807, 2.05) is 56.0 Å². The average Bonchev–Trinajstić information content (AvgIpc) is 2.27. The number of ether oxygens (including phenoxy) is 1. The van der Waals surface area contributed by atoms with Crippen molar-refractivity contribution in [2.75, 3.05) is 19.7 Å². The van der Waals surface area contributed by atoms with Crippen molar-refractivity contribution < 1.29 is 14.6 Å². The predicted molar refractivity (Wildman–Crippen MR) is 75.1 cm³/mol. The fourth-order valence-electron chi connectivity index (χ4n) is 1.73. The molecule has 0 radical (unpaired) electrons. The fraction of sp³-hybridized carbons (Fsp3) is 0.533. The maximum Gasteiger partial charge on any atom is 0.317 e. The van der Waals surface area contributed by atoms with E-state index in [1.54, 1.807) is 0 Å². The molecule has 0 aliphatic rings. The SMILES string of the molecule is CC(C)(C)OCCN(CC(=O)O)Cc1ccccc1. The predicted octanol–water partition coefficient (Wildman–Crippen LogP) is 2.39. The molecule has 0 atom stereocenters. The van der Waals surface area contributed by atoms with Crippen molar-refractivity contribution in [2.45, 2.75) is 32.9 Å². The molecule has 1 rings (SSSR count). The average molecular weight is 265 g/mol. The van der Waals surface area contributed by atoms with Crippen LogP contribution in [0.4, 0.5) is 0 Å². The lowest BCUT2D eigenvalue weighted by molar-refractivity contribution is -0.138. The van der Waals surface area contributed by atoms with Crippen molar-refractivity contribution in [3.05, 3.63) is 35.9 Å². The molecule has 0 aliphatic carbocycles. The molecule has 19 heavy (non-hydrogen) atoms. The van der Waals surface area contributed by atoms with Crippen LogP contribution in [0.3, 0.4) is 0 Å². The summed E-state index contributed by atoms with van der Waals surface area (Å²) in [5.41, 5.74) is 0.918. The Morgan fingerprint density at radius 1 is 1.26 bits per heavy atom. The zero-order chi connectivity index (χ0) is 14.3. The molecule has 0 saturated heterocycles. The van der Waals surface area contributed by atoms with E-state index in [0.717, 1.165) is 5.56 Å². The Morgan fingerprint density at radius 2 is 1.89 bits per heavy atom. The second-order valence-electron chi connectivity index (χ2n) is 5.55. The molecule has 0 fully saturated rings. The minimum absolute atomic E-state index is 0.0302. The maximum atomic E-state index is 10.9. The van der Waals surface area contributed by atoms with Crippen molar-refractivity contribution in [3.63, 3.8) is 0 Å². The molecule has 106 valence electrons. The minimum atomic E-state index is -0.813. The summed E-state index contributed by atoms with van der Waals surface area (Å²) in [5.74, 6) is -0.813. The smallest absolute Gasteiger partial charge is 0.317 e. The highest BCUT2D eigenvalue weighted by atomic mass is 16.5. The molecule has 0 saturated carbocycles. The van der Waals surface area contributed by atoms with Gasteiger partial charge in [-0.25, -0.2) is 0 Å². The minimum Gasteiger partial charge on any atom is -0.480 e. The monoisotopic (exact) mass is 265 g/mol. The molecule has 4 nitrogen and oxygen atoms in total. The van der Waals surface area contributed by atoms with Gasteiger partial charge in [-0.3, -0.25) is 9.69 Å². The molecule has 4 heteroatoms.